The maximum atomic E-state index is 11.7. The fraction of sp³-hybridized carbons (Fsp3) is 0.273. The van der Waals surface area contributed by atoms with E-state index in [0.717, 1.165) is 10.0 Å². The van der Waals surface area contributed by atoms with Gasteiger partial charge in [-0.3, -0.25) is 9.69 Å². The normalized spacial score (nSPS) is 15.9. The van der Waals surface area contributed by atoms with Gasteiger partial charge >= 0.3 is 6.03 Å². The first-order valence-electron chi connectivity index (χ1n) is 5.08. The maximum absolute atomic E-state index is 11.7. The predicted molar refractivity (Wildman–Crippen MR) is 67.1 cm³/mol. The molecule has 2 N–H and O–H groups in total. The highest BCUT2D eigenvalue weighted by Crippen LogP contribution is 2.21. The number of rotatable bonds is 2. The molecule has 1 aliphatic rings. The fourth-order valence-corrected chi connectivity index (χ4v) is 2.08. The summed E-state index contributed by atoms with van der Waals surface area (Å²) in [4.78, 5) is 25.9. The summed E-state index contributed by atoms with van der Waals surface area (Å²) in [6.45, 7) is 0.358. The molecule has 0 bridgehead atoms. The molecule has 5 nitrogen and oxygen atoms in total. The van der Waals surface area contributed by atoms with E-state index in [1.807, 2.05) is 6.07 Å². The number of nitrogen functional groups attached to an aromatic ring is 1. The van der Waals surface area contributed by atoms with Crippen molar-refractivity contribution in [1.82, 2.24) is 9.80 Å². The first kappa shape index (κ1) is 11.9. The number of hydrogen-bond acceptors (Lipinski definition) is 3. The third-order valence-corrected chi connectivity index (χ3v) is 3.16. The van der Waals surface area contributed by atoms with Crippen molar-refractivity contribution < 1.29 is 9.59 Å². The lowest BCUT2D eigenvalue weighted by molar-refractivity contribution is -0.125. The molecule has 0 atom stereocenters. The van der Waals surface area contributed by atoms with E-state index in [0.29, 0.717) is 5.69 Å². The second kappa shape index (κ2) is 4.37. The van der Waals surface area contributed by atoms with Crippen LogP contribution in [0.15, 0.2) is 22.7 Å². The first-order valence-corrected chi connectivity index (χ1v) is 5.87. The number of likely N-dealkylation sites (N-methyl/N-ethyl adjacent to an activating group) is 1. The van der Waals surface area contributed by atoms with Gasteiger partial charge < -0.3 is 10.6 Å². The molecule has 1 aliphatic heterocycles. The number of amides is 3. The van der Waals surface area contributed by atoms with Crippen LogP contribution in [0.2, 0.25) is 0 Å². The molecule has 17 heavy (non-hydrogen) atoms. The van der Waals surface area contributed by atoms with Crippen LogP contribution in [-0.4, -0.2) is 35.3 Å². The summed E-state index contributed by atoms with van der Waals surface area (Å²) in [6, 6.07) is 5.11. The molecule has 1 saturated heterocycles. The van der Waals surface area contributed by atoms with Crippen LogP contribution in [0.3, 0.4) is 0 Å². The van der Waals surface area contributed by atoms with Crippen LogP contribution in [0.1, 0.15) is 5.56 Å². The van der Waals surface area contributed by atoms with Gasteiger partial charge in [-0.2, -0.15) is 0 Å². The number of halogens is 1. The Kier molecular flexibility index (Phi) is 3.06. The molecule has 0 aromatic heterocycles. The van der Waals surface area contributed by atoms with Crippen molar-refractivity contribution in [2.24, 2.45) is 0 Å². The summed E-state index contributed by atoms with van der Waals surface area (Å²) in [5.74, 6) is -0.195. The Bertz CT molecular complexity index is 490. The van der Waals surface area contributed by atoms with Gasteiger partial charge in [-0.25, -0.2) is 4.79 Å². The number of benzene rings is 1. The van der Waals surface area contributed by atoms with E-state index in [1.165, 1.54) is 9.80 Å². The fourth-order valence-electron chi connectivity index (χ4n) is 1.70. The van der Waals surface area contributed by atoms with Crippen molar-refractivity contribution in [3.05, 3.63) is 28.2 Å². The topological polar surface area (TPSA) is 66.6 Å². The van der Waals surface area contributed by atoms with Crippen LogP contribution in [0.4, 0.5) is 10.5 Å². The van der Waals surface area contributed by atoms with Crippen LogP contribution >= 0.6 is 15.9 Å². The number of urea groups is 1. The zero-order valence-corrected chi connectivity index (χ0v) is 10.9. The summed E-state index contributed by atoms with van der Waals surface area (Å²) in [5, 5.41) is 0. The van der Waals surface area contributed by atoms with Crippen LogP contribution < -0.4 is 5.73 Å². The van der Waals surface area contributed by atoms with E-state index >= 15 is 0 Å². The van der Waals surface area contributed by atoms with Gasteiger partial charge in [0.2, 0.25) is 0 Å². The minimum absolute atomic E-state index is 0.134. The highest BCUT2D eigenvalue weighted by atomic mass is 79.9. The van der Waals surface area contributed by atoms with E-state index in [4.69, 9.17) is 5.73 Å². The van der Waals surface area contributed by atoms with Gasteiger partial charge in [0.15, 0.2) is 0 Å². The zero-order chi connectivity index (χ0) is 12.6. The van der Waals surface area contributed by atoms with Crippen molar-refractivity contribution in [2.75, 3.05) is 19.3 Å². The molecule has 1 aromatic carbocycles. The van der Waals surface area contributed by atoms with Crippen LogP contribution in [0.5, 0.6) is 0 Å². The summed E-state index contributed by atoms with van der Waals surface area (Å²) < 4.78 is 0.870. The number of nitrogens with two attached hydrogens (primary N) is 1. The van der Waals surface area contributed by atoms with E-state index in [2.05, 4.69) is 15.9 Å². The van der Waals surface area contributed by atoms with Gasteiger partial charge in [0, 0.05) is 17.2 Å². The molecular formula is C11H12BrN3O2. The molecule has 1 fully saturated rings. The number of imide groups is 1. The summed E-state index contributed by atoms with van der Waals surface area (Å²) in [6.07, 6.45) is 0. The quantitative estimate of drug-likeness (QED) is 0.663. The van der Waals surface area contributed by atoms with E-state index in [1.54, 1.807) is 19.2 Å². The van der Waals surface area contributed by atoms with Gasteiger partial charge in [0.05, 0.1) is 6.54 Å². The Morgan fingerprint density at radius 3 is 2.65 bits per heavy atom. The lowest BCUT2D eigenvalue weighted by atomic mass is 10.2. The number of anilines is 1. The monoisotopic (exact) mass is 297 g/mol. The molecule has 1 heterocycles. The molecule has 0 aliphatic carbocycles. The molecule has 0 spiro atoms. The summed E-state index contributed by atoms with van der Waals surface area (Å²) in [7, 11) is 1.60. The highest BCUT2D eigenvalue weighted by molar-refractivity contribution is 9.10. The summed E-state index contributed by atoms with van der Waals surface area (Å²) in [5.41, 5.74) is 7.17. The number of nitrogens with zero attached hydrogens (tertiary/aromatic N) is 2. The minimum Gasteiger partial charge on any atom is -0.398 e. The van der Waals surface area contributed by atoms with Crippen molar-refractivity contribution in [1.29, 1.82) is 0 Å². The standard InChI is InChI=1S/C11H12BrN3O2/c1-14-6-10(16)15(11(14)17)5-7-2-3-8(12)4-9(7)13/h2-4H,5-6,13H2,1H3. The van der Waals surface area contributed by atoms with Crippen LogP contribution in [0, 0.1) is 0 Å². The summed E-state index contributed by atoms with van der Waals surface area (Å²) >= 11 is 3.31. The van der Waals surface area contributed by atoms with Gasteiger partial charge in [-0.05, 0) is 17.7 Å². The zero-order valence-electron chi connectivity index (χ0n) is 9.31. The van der Waals surface area contributed by atoms with Gasteiger partial charge in [0.1, 0.15) is 6.54 Å². The average Bonchev–Trinajstić information content (AvgIpc) is 2.48. The molecule has 6 heteroatoms. The number of carbonyl (C=O) groups excluding carboxylic acids is 2. The molecule has 0 saturated carbocycles. The van der Waals surface area contributed by atoms with Crippen LogP contribution in [-0.2, 0) is 11.3 Å². The highest BCUT2D eigenvalue weighted by Gasteiger charge is 2.33. The minimum atomic E-state index is -0.280. The maximum Gasteiger partial charge on any atom is 0.327 e. The third kappa shape index (κ3) is 2.26. The molecule has 1 aromatic rings. The lowest BCUT2D eigenvalue weighted by Gasteiger charge is -2.15. The second-order valence-corrected chi connectivity index (χ2v) is 4.88. The van der Waals surface area contributed by atoms with Crippen LogP contribution in [0.25, 0.3) is 0 Å². The van der Waals surface area contributed by atoms with Crippen molar-refractivity contribution in [3.8, 4) is 0 Å². The predicted octanol–water partition coefficient (Wildman–Crippen LogP) is 1.43. The van der Waals surface area contributed by atoms with Gasteiger partial charge in [-0.15, -0.1) is 0 Å². The van der Waals surface area contributed by atoms with Gasteiger partial charge in [0.25, 0.3) is 5.91 Å². The Morgan fingerprint density at radius 1 is 1.41 bits per heavy atom. The Labute approximate surface area is 107 Å². The van der Waals surface area contributed by atoms with E-state index in [9.17, 15) is 9.59 Å². The molecule has 2 rings (SSSR count). The van der Waals surface area contributed by atoms with Gasteiger partial charge in [-0.1, -0.05) is 22.0 Å². The molecule has 0 unspecified atom stereocenters. The molecule has 90 valence electrons. The average molecular weight is 298 g/mol. The molecule has 3 amide bonds. The molecular weight excluding hydrogens is 286 g/mol. The van der Waals surface area contributed by atoms with E-state index in [-0.39, 0.29) is 25.0 Å². The molecule has 0 radical (unpaired) electrons. The lowest BCUT2D eigenvalue weighted by Crippen LogP contribution is -2.31. The largest absolute Gasteiger partial charge is 0.398 e. The number of carbonyl (C=O) groups is 2. The smallest absolute Gasteiger partial charge is 0.327 e. The SMILES string of the molecule is CN1CC(=O)N(Cc2ccc(Br)cc2N)C1=O. The number of hydrogen-bond donors (Lipinski definition) is 1. The first-order chi connectivity index (χ1) is 7.99. The second-order valence-electron chi connectivity index (χ2n) is 3.96. The van der Waals surface area contributed by atoms with Crippen molar-refractivity contribution in [3.63, 3.8) is 0 Å². The van der Waals surface area contributed by atoms with Crippen molar-refractivity contribution in [2.45, 2.75) is 6.54 Å². The third-order valence-electron chi connectivity index (χ3n) is 2.67. The van der Waals surface area contributed by atoms with Crippen molar-refractivity contribution >= 4 is 33.6 Å². The van der Waals surface area contributed by atoms with E-state index < -0.39 is 0 Å². The Hall–Kier alpha value is -1.56. The Balaban J connectivity index is 2.21. The Morgan fingerprint density at radius 2 is 2.12 bits per heavy atom.